The first-order valence-electron chi connectivity index (χ1n) is 5.89. The summed E-state index contributed by atoms with van der Waals surface area (Å²) in [6.07, 6.45) is -0.861. The lowest BCUT2D eigenvalue weighted by Crippen LogP contribution is -2.24. The number of nitrogens with one attached hydrogen (secondary N) is 1. The third kappa shape index (κ3) is 3.72. The number of rotatable bonds is 6. The summed E-state index contributed by atoms with van der Waals surface area (Å²) >= 11 is 0. The molecule has 0 spiro atoms. The van der Waals surface area contributed by atoms with Gasteiger partial charge >= 0.3 is 5.97 Å². The summed E-state index contributed by atoms with van der Waals surface area (Å²) in [5, 5.41) is 21.0. The minimum absolute atomic E-state index is 0.174. The summed E-state index contributed by atoms with van der Waals surface area (Å²) in [7, 11) is 0. The van der Waals surface area contributed by atoms with Crippen LogP contribution in [0.3, 0.4) is 0 Å². The monoisotopic (exact) mass is 253 g/mol. The summed E-state index contributed by atoms with van der Waals surface area (Å²) in [5.74, 6) is -0.401. The Labute approximate surface area is 106 Å². The fourth-order valence-electron chi connectivity index (χ4n) is 1.57. The van der Waals surface area contributed by atoms with E-state index in [1.807, 2.05) is 13.0 Å². The van der Waals surface area contributed by atoms with Crippen molar-refractivity contribution in [3.8, 4) is 0 Å². The van der Waals surface area contributed by atoms with Crippen LogP contribution in [0.4, 0.5) is 5.69 Å². The fourth-order valence-corrected chi connectivity index (χ4v) is 1.57. The third-order valence-electron chi connectivity index (χ3n) is 2.49. The van der Waals surface area contributed by atoms with E-state index >= 15 is 0 Å². The van der Waals surface area contributed by atoms with Gasteiger partial charge in [0.25, 0.3) is 0 Å². The number of hydrogen-bond acceptors (Lipinski definition) is 5. The van der Waals surface area contributed by atoms with Crippen molar-refractivity contribution in [3.05, 3.63) is 29.3 Å². The molecule has 3 N–H and O–H groups in total. The first-order valence-corrected chi connectivity index (χ1v) is 5.89. The molecule has 1 unspecified atom stereocenters. The van der Waals surface area contributed by atoms with Gasteiger partial charge in [-0.25, -0.2) is 4.79 Å². The molecule has 0 amide bonds. The minimum Gasteiger partial charge on any atom is -0.462 e. The fraction of sp³-hybridized carbons (Fsp3) is 0.462. The van der Waals surface area contributed by atoms with Gasteiger partial charge in [-0.3, -0.25) is 0 Å². The first-order chi connectivity index (χ1) is 8.60. The molecule has 0 heterocycles. The summed E-state index contributed by atoms with van der Waals surface area (Å²) in [6.45, 7) is 3.76. The van der Waals surface area contributed by atoms with Crippen LogP contribution < -0.4 is 5.32 Å². The van der Waals surface area contributed by atoms with E-state index in [-0.39, 0.29) is 13.2 Å². The summed E-state index contributed by atoms with van der Waals surface area (Å²) < 4.78 is 4.97. The molecule has 5 heteroatoms. The normalized spacial score (nSPS) is 12.0. The molecule has 0 fully saturated rings. The quantitative estimate of drug-likeness (QED) is 0.657. The topological polar surface area (TPSA) is 78.8 Å². The van der Waals surface area contributed by atoms with Crippen LogP contribution in [-0.4, -0.2) is 42.0 Å². The predicted octanol–water partition coefficient (Wildman–Crippen LogP) is 0.937. The number of carbonyl (C=O) groups is 1. The van der Waals surface area contributed by atoms with Gasteiger partial charge in [-0.05, 0) is 25.5 Å². The van der Waals surface area contributed by atoms with Gasteiger partial charge in [0.2, 0.25) is 0 Å². The van der Waals surface area contributed by atoms with Gasteiger partial charge in [0.05, 0.1) is 30.6 Å². The molecular weight excluding hydrogens is 234 g/mol. The highest BCUT2D eigenvalue weighted by Gasteiger charge is 2.14. The summed E-state index contributed by atoms with van der Waals surface area (Å²) in [6, 6.07) is 5.30. The number of benzene rings is 1. The Hall–Kier alpha value is -1.59. The van der Waals surface area contributed by atoms with E-state index in [4.69, 9.17) is 9.84 Å². The zero-order chi connectivity index (χ0) is 13.5. The molecule has 1 rings (SSSR count). The van der Waals surface area contributed by atoms with Gasteiger partial charge in [0.1, 0.15) is 0 Å². The molecule has 1 aromatic carbocycles. The molecule has 5 nitrogen and oxygen atoms in total. The van der Waals surface area contributed by atoms with E-state index in [1.165, 1.54) is 0 Å². The maximum Gasteiger partial charge on any atom is 0.340 e. The number of aryl methyl sites for hydroxylation is 1. The molecule has 18 heavy (non-hydrogen) atoms. The molecule has 1 aromatic rings. The standard InChI is InChI=1S/C13H19NO4/c1-3-18-13(17)11-6-4-5-9(2)12(11)14-7-10(16)8-15/h4-6,10,14-16H,3,7-8H2,1-2H3. The van der Waals surface area contributed by atoms with Crippen molar-refractivity contribution >= 4 is 11.7 Å². The van der Waals surface area contributed by atoms with Crippen molar-refractivity contribution < 1.29 is 19.7 Å². The van der Waals surface area contributed by atoms with Crippen LogP contribution in [0.1, 0.15) is 22.8 Å². The third-order valence-corrected chi connectivity index (χ3v) is 2.49. The molecule has 0 aliphatic carbocycles. The van der Waals surface area contributed by atoms with Gasteiger partial charge in [-0.1, -0.05) is 12.1 Å². The summed E-state index contributed by atoms with van der Waals surface area (Å²) in [5.41, 5.74) is 1.94. The van der Waals surface area contributed by atoms with E-state index in [2.05, 4.69) is 5.32 Å². The second kappa shape index (κ2) is 6.98. The molecule has 0 aliphatic rings. The van der Waals surface area contributed by atoms with Crippen LogP contribution in [-0.2, 0) is 4.74 Å². The van der Waals surface area contributed by atoms with Crippen LogP contribution >= 0.6 is 0 Å². The molecule has 100 valence electrons. The molecule has 0 radical (unpaired) electrons. The zero-order valence-electron chi connectivity index (χ0n) is 10.6. The first kappa shape index (κ1) is 14.5. The SMILES string of the molecule is CCOC(=O)c1cccc(C)c1NCC(O)CO. The van der Waals surface area contributed by atoms with Crippen LogP contribution in [0.5, 0.6) is 0 Å². The highest BCUT2D eigenvalue weighted by molar-refractivity contribution is 5.96. The van der Waals surface area contributed by atoms with Gasteiger partial charge in [-0.15, -0.1) is 0 Å². The number of aliphatic hydroxyl groups excluding tert-OH is 2. The lowest BCUT2D eigenvalue weighted by Gasteiger charge is -2.15. The molecular formula is C13H19NO4. The molecule has 1 atom stereocenters. The Morgan fingerprint density at radius 1 is 1.50 bits per heavy atom. The van der Waals surface area contributed by atoms with Crippen molar-refractivity contribution in [1.82, 2.24) is 0 Å². The molecule has 0 saturated heterocycles. The number of anilines is 1. The number of hydrogen-bond donors (Lipinski definition) is 3. The van der Waals surface area contributed by atoms with E-state index in [0.29, 0.717) is 17.9 Å². The lowest BCUT2D eigenvalue weighted by atomic mass is 10.1. The average Bonchev–Trinajstić information content (AvgIpc) is 2.36. The largest absolute Gasteiger partial charge is 0.462 e. The number of esters is 1. The van der Waals surface area contributed by atoms with Crippen molar-refractivity contribution in [2.75, 3.05) is 25.1 Å². The Kier molecular flexibility index (Phi) is 5.61. The Morgan fingerprint density at radius 3 is 2.83 bits per heavy atom. The number of para-hydroxylation sites is 1. The van der Waals surface area contributed by atoms with E-state index in [0.717, 1.165) is 5.56 Å². The Bertz CT molecular complexity index is 406. The maximum atomic E-state index is 11.8. The van der Waals surface area contributed by atoms with Crippen molar-refractivity contribution in [2.24, 2.45) is 0 Å². The number of aliphatic hydroxyl groups is 2. The van der Waals surface area contributed by atoms with Gasteiger partial charge in [0.15, 0.2) is 0 Å². The van der Waals surface area contributed by atoms with Crippen molar-refractivity contribution in [2.45, 2.75) is 20.0 Å². The molecule has 0 saturated carbocycles. The van der Waals surface area contributed by atoms with Gasteiger partial charge < -0.3 is 20.3 Å². The lowest BCUT2D eigenvalue weighted by molar-refractivity contribution is 0.0527. The second-order valence-corrected chi connectivity index (χ2v) is 3.94. The van der Waals surface area contributed by atoms with E-state index in [9.17, 15) is 9.90 Å². The number of carbonyl (C=O) groups excluding carboxylic acids is 1. The van der Waals surface area contributed by atoms with Crippen molar-refractivity contribution in [1.29, 1.82) is 0 Å². The van der Waals surface area contributed by atoms with Gasteiger partial charge in [-0.2, -0.15) is 0 Å². The maximum absolute atomic E-state index is 11.8. The zero-order valence-corrected chi connectivity index (χ0v) is 10.6. The van der Waals surface area contributed by atoms with E-state index < -0.39 is 12.1 Å². The van der Waals surface area contributed by atoms with Gasteiger partial charge in [0, 0.05) is 6.54 Å². The Morgan fingerprint density at radius 2 is 2.22 bits per heavy atom. The number of ether oxygens (including phenoxy) is 1. The van der Waals surface area contributed by atoms with E-state index in [1.54, 1.807) is 19.1 Å². The van der Waals surface area contributed by atoms with Crippen LogP contribution in [0, 0.1) is 6.92 Å². The second-order valence-electron chi connectivity index (χ2n) is 3.94. The molecule has 0 bridgehead atoms. The minimum atomic E-state index is -0.861. The van der Waals surface area contributed by atoms with Crippen LogP contribution in [0.15, 0.2) is 18.2 Å². The summed E-state index contributed by atoms with van der Waals surface area (Å²) in [4.78, 5) is 11.8. The predicted molar refractivity (Wildman–Crippen MR) is 68.7 cm³/mol. The smallest absolute Gasteiger partial charge is 0.340 e. The molecule has 0 aromatic heterocycles. The van der Waals surface area contributed by atoms with Crippen LogP contribution in [0.2, 0.25) is 0 Å². The van der Waals surface area contributed by atoms with Crippen LogP contribution in [0.25, 0.3) is 0 Å². The van der Waals surface area contributed by atoms with Crippen molar-refractivity contribution in [3.63, 3.8) is 0 Å². The highest BCUT2D eigenvalue weighted by Crippen LogP contribution is 2.21. The molecule has 0 aliphatic heterocycles. The highest BCUT2D eigenvalue weighted by atomic mass is 16.5. The Balaban J connectivity index is 2.90. The average molecular weight is 253 g/mol.